The maximum Gasteiger partial charge on any atom is 0.122 e. The molecule has 2 atom stereocenters. The minimum atomic E-state index is -0.373. The molecule has 13 heavy (non-hydrogen) atoms. The fraction of sp³-hybridized carbons (Fsp3) is 0.667. The van der Waals surface area contributed by atoms with Crippen LogP contribution in [0.1, 0.15) is 37.7 Å². The first-order chi connectivity index (χ1) is 6.16. The lowest BCUT2D eigenvalue weighted by Crippen LogP contribution is -2.07. The summed E-state index contributed by atoms with van der Waals surface area (Å²) in [6.45, 7) is 4.20. The number of thiazole rings is 1. The topological polar surface area (TPSA) is 33.1 Å². The number of nitrogens with zero attached hydrogens (tertiary/aromatic N) is 1. The standard InChI is InChI=1S/C9H14BrNOS/c1-3-4-6(2)7(12)8-9(10)11-5-13-8/h5-7,12H,3-4H2,1-2H3. The molecule has 4 heteroatoms. The van der Waals surface area contributed by atoms with Crippen molar-refractivity contribution in [1.82, 2.24) is 4.98 Å². The van der Waals surface area contributed by atoms with E-state index in [1.807, 2.05) is 0 Å². The summed E-state index contributed by atoms with van der Waals surface area (Å²) in [4.78, 5) is 5.00. The van der Waals surface area contributed by atoms with Crippen molar-refractivity contribution in [2.75, 3.05) is 0 Å². The molecule has 0 aliphatic heterocycles. The van der Waals surface area contributed by atoms with Crippen molar-refractivity contribution < 1.29 is 5.11 Å². The van der Waals surface area contributed by atoms with Crippen LogP contribution >= 0.6 is 27.3 Å². The van der Waals surface area contributed by atoms with Crippen LogP contribution in [0.2, 0.25) is 0 Å². The molecular formula is C9H14BrNOS. The van der Waals surface area contributed by atoms with Crippen molar-refractivity contribution in [3.05, 3.63) is 15.0 Å². The molecule has 0 aliphatic carbocycles. The first-order valence-corrected chi connectivity index (χ1v) is 6.11. The zero-order chi connectivity index (χ0) is 9.84. The third-order valence-corrected chi connectivity index (χ3v) is 3.89. The molecule has 0 saturated carbocycles. The highest BCUT2D eigenvalue weighted by Crippen LogP contribution is 2.32. The van der Waals surface area contributed by atoms with Crippen LogP contribution in [0, 0.1) is 5.92 Å². The molecular weight excluding hydrogens is 250 g/mol. The van der Waals surface area contributed by atoms with E-state index in [2.05, 4.69) is 34.8 Å². The minimum Gasteiger partial charge on any atom is -0.387 e. The third kappa shape index (κ3) is 2.76. The quantitative estimate of drug-likeness (QED) is 0.904. The van der Waals surface area contributed by atoms with Crippen molar-refractivity contribution in [2.45, 2.75) is 32.8 Å². The first-order valence-electron chi connectivity index (χ1n) is 4.43. The zero-order valence-electron chi connectivity index (χ0n) is 7.83. The van der Waals surface area contributed by atoms with Gasteiger partial charge in [-0.15, -0.1) is 11.3 Å². The van der Waals surface area contributed by atoms with E-state index in [9.17, 15) is 5.11 Å². The third-order valence-electron chi connectivity index (χ3n) is 2.10. The molecule has 0 bridgehead atoms. The van der Waals surface area contributed by atoms with Gasteiger partial charge in [-0.2, -0.15) is 0 Å². The summed E-state index contributed by atoms with van der Waals surface area (Å²) in [6, 6.07) is 0. The summed E-state index contributed by atoms with van der Waals surface area (Å²) < 4.78 is 0.785. The number of rotatable bonds is 4. The van der Waals surface area contributed by atoms with Gasteiger partial charge in [-0.3, -0.25) is 0 Å². The van der Waals surface area contributed by atoms with Gasteiger partial charge in [0.25, 0.3) is 0 Å². The average molecular weight is 264 g/mol. The molecule has 2 nitrogen and oxygen atoms in total. The zero-order valence-corrected chi connectivity index (χ0v) is 10.2. The number of hydrogen-bond donors (Lipinski definition) is 1. The Bertz CT molecular complexity index is 264. The highest BCUT2D eigenvalue weighted by atomic mass is 79.9. The molecule has 1 heterocycles. The molecule has 0 fully saturated rings. The van der Waals surface area contributed by atoms with Gasteiger partial charge in [-0.05, 0) is 28.3 Å². The normalized spacial score (nSPS) is 15.7. The number of halogens is 1. The van der Waals surface area contributed by atoms with Crippen LogP contribution in [0.3, 0.4) is 0 Å². The second kappa shape index (κ2) is 5.08. The van der Waals surface area contributed by atoms with E-state index >= 15 is 0 Å². The van der Waals surface area contributed by atoms with Gasteiger partial charge in [0.05, 0.1) is 16.5 Å². The van der Waals surface area contributed by atoms with Gasteiger partial charge >= 0.3 is 0 Å². The minimum absolute atomic E-state index is 0.307. The van der Waals surface area contributed by atoms with Crippen molar-refractivity contribution >= 4 is 27.3 Å². The van der Waals surface area contributed by atoms with Gasteiger partial charge < -0.3 is 5.11 Å². The van der Waals surface area contributed by atoms with E-state index in [-0.39, 0.29) is 6.10 Å². The van der Waals surface area contributed by atoms with Gasteiger partial charge in [-0.1, -0.05) is 20.3 Å². The van der Waals surface area contributed by atoms with E-state index in [0.29, 0.717) is 5.92 Å². The monoisotopic (exact) mass is 263 g/mol. The number of hydrogen-bond acceptors (Lipinski definition) is 3. The van der Waals surface area contributed by atoms with E-state index in [0.717, 1.165) is 22.3 Å². The van der Waals surface area contributed by atoms with E-state index in [1.165, 1.54) is 11.3 Å². The first kappa shape index (κ1) is 11.1. The van der Waals surface area contributed by atoms with Crippen LogP contribution in [0.15, 0.2) is 10.1 Å². The molecule has 0 aromatic carbocycles. The van der Waals surface area contributed by atoms with Crippen molar-refractivity contribution in [2.24, 2.45) is 5.92 Å². The molecule has 0 amide bonds. The Kier molecular flexibility index (Phi) is 4.35. The fourth-order valence-electron chi connectivity index (χ4n) is 1.31. The number of aliphatic hydroxyl groups excluding tert-OH is 1. The molecule has 1 aromatic rings. The largest absolute Gasteiger partial charge is 0.387 e. The molecule has 0 spiro atoms. The van der Waals surface area contributed by atoms with Gasteiger partial charge in [-0.25, -0.2) is 4.98 Å². The molecule has 0 radical (unpaired) electrons. The Morgan fingerprint density at radius 1 is 1.69 bits per heavy atom. The number of aromatic nitrogens is 1. The van der Waals surface area contributed by atoms with Crippen molar-refractivity contribution in [3.8, 4) is 0 Å². The summed E-state index contributed by atoms with van der Waals surface area (Å²) in [5.41, 5.74) is 1.75. The van der Waals surface area contributed by atoms with E-state index < -0.39 is 0 Å². The van der Waals surface area contributed by atoms with Gasteiger partial charge in [0.2, 0.25) is 0 Å². The SMILES string of the molecule is CCCC(C)C(O)c1scnc1Br. The van der Waals surface area contributed by atoms with E-state index in [1.54, 1.807) is 5.51 Å². The summed E-state index contributed by atoms with van der Waals surface area (Å²) in [5, 5.41) is 9.93. The molecule has 2 unspecified atom stereocenters. The smallest absolute Gasteiger partial charge is 0.122 e. The molecule has 1 aromatic heterocycles. The Hall–Kier alpha value is 0.0700. The van der Waals surface area contributed by atoms with Crippen LogP contribution in [0.4, 0.5) is 0 Å². The maximum atomic E-state index is 9.93. The lowest BCUT2D eigenvalue weighted by atomic mass is 9.99. The second-order valence-electron chi connectivity index (χ2n) is 3.22. The Morgan fingerprint density at radius 3 is 2.85 bits per heavy atom. The second-order valence-corrected chi connectivity index (χ2v) is 4.86. The van der Waals surface area contributed by atoms with Gasteiger partial charge in [0.15, 0.2) is 0 Å². The summed E-state index contributed by atoms with van der Waals surface area (Å²) in [7, 11) is 0. The van der Waals surface area contributed by atoms with Crippen LogP contribution in [0.5, 0.6) is 0 Å². The molecule has 74 valence electrons. The van der Waals surface area contributed by atoms with Crippen LogP contribution in [-0.4, -0.2) is 10.1 Å². The van der Waals surface area contributed by atoms with Crippen molar-refractivity contribution in [1.29, 1.82) is 0 Å². The average Bonchev–Trinajstić information content (AvgIpc) is 2.50. The van der Waals surface area contributed by atoms with E-state index in [4.69, 9.17) is 0 Å². The summed E-state index contributed by atoms with van der Waals surface area (Å²) >= 11 is 4.83. The molecule has 1 rings (SSSR count). The Balaban J connectivity index is 2.67. The van der Waals surface area contributed by atoms with Gasteiger partial charge in [0.1, 0.15) is 4.60 Å². The van der Waals surface area contributed by atoms with Crippen molar-refractivity contribution in [3.63, 3.8) is 0 Å². The van der Waals surface area contributed by atoms with Gasteiger partial charge in [0, 0.05) is 0 Å². The number of aliphatic hydroxyl groups is 1. The summed E-state index contributed by atoms with van der Waals surface area (Å²) in [5.74, 6) is 0.307. The predicted molar refractivity (Wildman–Crippen MR) is 58.8 cm³/mol. The lowest BCUT2D eigenvalue weighted by Gasteiger charge is -2.16. The highest BCUT2D eigenvalue weighted by molar-refractivity contribution is 9.10. The Labute approximate surface area is 91.1 Å². The molecule has 1 N–H and O–H groups in total. The fourth-order valence-corrected chi connectivity index (χ4v) is 2.85. The van der Waals surface area contributed by atoms with Crippen LogP contribution in [-0.2, 0) is 0 Å². The molecule has 0 saturated heterocycles. The summed E-state index contributed by atoms with van der Waals surface area (Å²) in [6.07, 6.45) is 1.78. The van der Waals surface area contributed by atoms with Crippen LogP contribution < -0.4 is 0 Å². The highest BCUT2D eigenvalue weighted by Gasteiger charge is 2.19. The maximum absolute atomic E-state index is 9.93. The predicted octanol–water partition coefficient (Wildman–Crippen LogP) is 3.38. The van der Waals surface area contributed by atoms with Crippen LogP contribution in [0.25, 0.3) is 0 Å². The lowest BCUT2D eigenvalue weighted by molar-refractivity contribution is 0.115. The Morgan fingerprint density at radius 2 is 2.38 bits per heavy atom. The molecule has 0 aliphatic rings.